The van der Waals surface area contributed by atoms with Gasteiger partial charge in [-0.1, -0.05) is 12.1 Å². The fourth-order valence-electron chi connectivity index (χ4n) is 3.14. The highest BCUT2D eigenvalue weighted by Gasteiger charge is 2.30. The van der Waals surface area contributed by atoms with E-state index in [1.54, 1.807) is 28.0 Å². The Labute approximate surface area is 135 Å². The first kappa shape index (κ1) is 15.8. The third kappa shape index (κ3) is 3.47. The van der Waals surface area contributed by atoms with Crippen molar-refractivity contribution in [3.05, 3.63) is 29.8 Å². The molecular formula is C17H22N2O4. The molecule has 3 rings (SSSR count). The Morgan fingerprint density at radius 1 is 1.04 bits per heavy atom. The molecule has 1 N–H and O–H groups in total. The first-order valence-electron chi connectivity index (χ1n) is 8.14. The average molecular weight is 318 g/mol. The van der Waals surface area contributed by atoms with Crippen LogP contribution < -0.4 is 0 Å². The van der Waals surface area contributed by atoms with Crippen LogP contribution in [0.4, 0.5) is 0 Å². The lowest BCUT2D eigenvalue weighted by Gasteiger charge is -2.24. The molecule has 0 bridgehead atoms. The summed E-state index contributed by atoms with van der Waals surface area (Å²) in [5.41, 5.74) is 0.311. The number of nitrogens with zero attached hydrogens (tertiary/aromatic N) is 2. The van der Waals surface area contributed by atoms with Crippen molar-refractivity contribution in [2.45, 2.75) is 25.4 Å². The Kier molecular flexibility index (Phi) is 4.81. The van der Waals surface area contributed by atoms with E-state index in [1.165, 1.54) is 6.07 Å². The molecule has 2 aliphatic heterocycles. The van der Waals surface area contributed by atoms with Crippen LogP contribution in [0.3, 0.4) is 0 Å². The molecule has 1 unspecified atom stereocenters. The molecule has 124 valence electrons. The summed E-state index contributed by atoms with van der Waals surface area (Å²) in [5.74, 6) is -0.150. The van der Waals surface area contributed by atoms with Gasteiger partial charge in [0.2, 0.25) is 0 Å². The fourth-order valence-corrected chi connectivity index (χ4v) is 3.14. The number of hydrogen-bond donors (Lipinski definition) is 1. The summed E-state index contributed by atoms with van der Waals surface area (Å²) in [6.45, 7) is 2.87. The lowest BCUT2D eigenvalue weighted by atomic mass is 10.1. The third-order valence-electron chi connectivity index (χ3n) is 4.43. The van der Waals surface area contributed by atoms with Crippen LogP contribution >= 0.6 is 0 Å². The Hall–Kier alpha value is -2.08. The molecule has 1 aromatic rings. The summed E-state index contributed by atoms with van der Waals surface area (Å²) in [7, 11) is 0. The molecule has 0 radical (unpaired) electrons. The molecule has 2 saturated heterocycles. The molecule has 0 spiro atoms. The van der Waals surface area contributed by atoms with Gasteiger partial charge in [0.05, 0.1) is 5.56 Å². The summed E-state index contributed by atoms with van der Waals surface area (Å²) in [5, 5.41) is 9.84. The van der Waals surface area contributed by atoms with E-state index in [0.717, 1.165) is 19.3 Å². The highest BCUT2D eigenvalue weighted by Crippen LogP contribution is 2.20. The molecule has 6 heteroatoms. The minimum absolute atomic E-state index is 0.00552. The van der Waals surface area contributed by atoms with Crippen molar-refractivity contribution < 1.29 is 19.4 Å². The van der Waals surface area contributed by atoms with Gasteiger partial charge in [-0.25, -0.2) is 0 Å². The number of hydrogen-bond acceptors (Lipinski definition) is 4. The van der Waals surface area contributed by atoms with Crippen molar-refractivity contribution in [2.24, 2.45) is 0 Å². The van der Waals surface area contributed by atoms with Crippen molar-refractivity contribution in [1.82, 2.24) is 9.80 Å². The van der Waals surface area contributed by atoms with Gasteiger partial charge in [-0.05, 0) is 31.4 Å². The zero-order chi connectivity index (χ0) is 16.2. The largest absolute Gasteiger partial charge is 0.507 e. The monoisotopic (exact) mass is 318 g/mol. The topological polar surface area (TPSA) is 70.1 Å². The van der Waals surface area contributed by atoms with Crippen LogP contribution in [0.15, 0.2) is 24.3 Å². The van der Waals surface area contributed by atoms with E-state index in [1.807, 2.05) is 0 Å². The van der Waals surface area contributed by atoms with Gasteiger partial charge in [-0.3, -0.25) is 9.59 Å². The van der Waals surface area contributed by atoms with E-state index in [0.29, 0.717) is 38.3 Å². The zero-order valence-electron chi connectivity index (χ0n) is 13.1. The van der Waals surface area contributed by atoms with Crippen molar-refractivity contribution in [1.29, 1.82) is 0 Å². The van der Waals surface area contributed by atoms with Gasteiger partial charge in [-0.2, -0.15) is 0 Å². The van der Waals surface area contributed by atoms with Gasteiger partial charge in [0.15, 0.2) is 0 Å². The minimum atomic E-state index is -0.310. The quantitative estimate of drug-likeness (QED) is 0.891. The van der Waals surface area contributed by atoms with E-state index in [2.05, 4.69) is 0 Å². The van der Waals surface area contributed by atoms with Crippen LogP contribution in [-0.4, -0.2) is 65.6 Å². The summed E-state index contributed by atoms with van der Waals surface area (Å²) in [6, 6.07) is 6.56. The maximum atomic E-state index is 12.5. The van der Waals surface area contributed by atoms with Crippen LogP contribution in [0.2, 0.25) is 0 Å². The van der Waals surface area contributed by atoms with E-state index < -0.39 is 0 Å². The Morgan fingerprint density at radius 3 is 2.52 bits per heavy atom. The van der Waals surface area contributed by atoms with Gasteiger partial charge < -0.3 is 19.6 Å². The number of carbonyl (C=O) groups excluding carboxylic acids is 2. The van der Waals surface area contributed by atoms with Crippen LogP contribution in [0.1, 0.15) is 29.6 Å². The number of phenolic OH excluding ortho intramolecular Hbond substituents is 1. The summed E-state index contributed by atoms with van der Waals surface area (Å²) in [6.07, 6.45) is 2.14. The third-order valence-corrected chi connectivity index (χ3v) is 4.43. The van der Waals surface area contributed by atoms with Crippen LogP contribution in [-0.2, 0) is 9.53 Å². The van der Waals surface area contributed by atoms with Crippen LogP contribution in [0.25, 0.3) is 0 Å². The maximum absolute atomic E-state index is 12.5. The van der Waals surface area contributed by atoms with Gasteiger partial charge >= 0.3 is 0 Å². The summed E-state index contributed by atoms with van der Waals surface area (Å²) < 4.78 is 5.46. The fraction of sp³-hybridized carbons (Fsp3) is 0.529. The lowest BCUT2D eigenvalue weighted by molar-refractivity contribution is -0.140. The molecule has 2 amide bonds. The zero-order valence-corrected chi connectivity index (χ0v) is 13.1. The predicted octanol–water partition coefficient (Wildman–Crippen LogP) is 1.25. The number of para-hydroxylation sites is 1. The van der Waals surface area contributed by atoms with E-state index >= 15 is 0 Å². The van der Waals surface area contributed by atoms with Crippen molar-refractivity contribution in [2.75, 3.05) is 32.8 Å². The van der Waals surface area contributed by atoms with Crippen molar-refractivity contribution in [3.8, 4) is 5.75 Å². The molecule has 0 aliphatic carbocycles. The normalized spacial score (nSPS) is 22.0. The molecule has 0 saturated carbocycles. The van der Waals surface area contributed by atoms with Crippen molar-refractivity contribution >= 4 is 11.8 Å². The number of carbonyl (C=O) groups is 2. The molecule has 6 nitrogen and oxygen atoms in total. The number of phenols is 1. The smallest absolute Gasteiger partial charge is 0.257 e. The molecule has 2 heterocycles. The lowest BCUT2D eigenvalue weighted by Crippen LogP contribution is -2.41. The first-order chi connectivity index (χ1) is 11.2. The maximum Gasteiger partial charge on any atom is 0.257 e. The summed E-state index contributed by atoms with van der Waals surface area (Å²) in [4.78, 5) is 28.5. The second kappa shape index (κ2) is 7.00. The number of aromatic hydroxyl groups is 1. The Morgan fingerprint density at radius 2 is 1.78 bits per heavy atom. The number of ether oxygens (including phenoxy) is 1. The van der Waals surface area contributed by atoms with Gasteiger partial charge in [0.1, 0.15) is 11.9 Å². The predicted molar refractivity (Wildman–Crippen MR) is 84.2 cm³/mol. The Bertz CT molecular complexity index is 584. The van der Waals surface area contributed by atoms with Gasteiger partial charge in [-0.15, -0.1) is 0 Å². The molecule has 2 fully saturated rings. The van der Waals surface area contributed by atoms with Crippen LogP contribution in [0.5, 0.6) is 5.75 Å². The molecule has 1 aromatic carbocycles. The SMILES string of the molecule is O=C(c1ccccc1O)N1CCCN(C(=O)C2CCCO2)CC1. The number of amides is 2. The molecular weight excluding hydrogens is 296 g/mol. The van der Waals surface area contributed by atoms with Gasteiger partial charge in [0, 0.05) is 32.8 Å². The minimum Gasteiger partial charge on any atom is -0.507 e. The number of rotatable bonds is 2. The average Bonchev–Trinajstić information content (AvgIpc) is 2.98. The standard InChI is InChI=1S/C17H22N2O4/c20-14-6-2-1-5-13(14)16(21)18-8-4-9-19(11-10-18)17(22)15-7-3-12-23-15/h1-2,5-6,15,20H,3-4,7-12H2. The second-order valence-electron chi connectivity index (χ2n) is 5.99. The Balaban J connectivity index is 1.63. The summed E-state index contributed by atoms with van der Waals surface area (Å²) >= 11 is 0. The first-order valence-corrected chi connectivity index (χ1v) is 8.14. The molecule has 1 atom stereocenters. The molecule has 2 aliphatic rings. The van der Waals surface area contributed by atoms with Crippen LogP contribution in [0, 0.1) is 0 Å². The molecule has 0 aromatic heterocycles. The van der Waals surface area contributed by atoms with E-state index in [4.69, 9.17) is 4.74 Å². The van der Waals surface area contributed by atoms with E-state index in [9.17, 15) is 14.7 Å². The second-order valence-corrected chi connectivity index (χ2v) is 5.99. The number of benzene rings is 1. The highest BCUT2D eigenvalue weighted by molar-refractivity contribution is 5.96. The highest BCUT2D eigenvalue weighted by atomic mass is 16.5. The van der Waals surface area contributed by atoms with E-state index in [-0.39, 0.29) is 23.7 Å². The molecule has 23 heavy (non-hydrogen) atoms. The van der Waals surface area contributed by atoms with Crippen molar-refractivity contribution in [3.63, 3.8) is 0 Å². The van der Waals surface area contributed by atoms with Gasteiger partial charge in [0.25, 0.3) is 11.8 Å².